The van der Waals surface area contributed by atoms with Crippen molar-refractivity contribution in [1.82, 2.24) is 14.7 Å². The molecular formula is C24H23N3O3S2. The van der Waals surface area contributed by atoms with Crippen molar-refractivity contribution in [2.75, 3.05) is 27.4 Å². The van der Waals surface area contributed by atoms with Crippen molar-refractivity contribution in [2.45, 2.75) is 6.42 Å². The fourth-order valence-corrected chi connectivity index (χ4v) is 4.70. The third kappa shape index (κ3) is 4.77. The first kappa shape index (κ1) is 22.3. The summed E-state index contributed by atoms with van der Waals surface area (Å²) in [6, 6.07) is 17.6. The Balaban J connectivity index is 1.73. The number of hydrogen-bond acceptors (Lipinski definition) is 6. The molecule has 0 bridgehead atoms. The Morgan fingerprint density at radius 2 is 1.94 bits per heavy atom. The molecule has 0 spiro atoms. The molecule has 1 amide bonds. The lowest BCUT2D eigenvalue weighted by molar-refractivity contribution is -0.122. The summed E-state index contributed by atoms with van der Waals surface area (Å²) in [5.41, 5.74) is 3.43. The molecule has 1 aliphatic rings. The van der Waals surface area contributed by atoms with Crippen LogP contribution in [0.1, 0.15) is 12.0 Å². The van der Waals surface area contributed by atoms with Crippen LogP contribution in [0.25, 0.3) is 23.0 Å². The topological polar surface area (TPSA) is 56.6 Å². The van der Waals surface area contributed by atoms with Crippen LogP contribution in [0.15, 0.2) is 65.7 Å². The number of carbonyl (C=O) groups excluding carboxylic acids is 1. The van der Waals surface area contributed by atoms with Crippen LogP contribution in [-0.2, 0) is 9.53 Å². The second-order valence-electron chi connectivity index (χ2n) is 7.12. The molecule has 1 saturated heterocycles. The summed E-state index contributed by atoms with van der Waals surface area (Å²) >= 11 is 6.77. The number of para-hydroxylation sites is 1. The molecule has 0 atom stereocenters. The van der Waals surface area contributed by atoms with E-state index in [0.717, 1.165) is 34.7 Å². The number of nitrogens with zero attached hydrogens (tertiary/aromatic N) is 3. The second kappa shape index (κ2) is 10.1. The molecular weight excluding hydrogens is 442 g/mol. The average Bonchev–Trinajstić information content (AvgIpc) is 3.36. The molecule has 0 aliphatic carbocycles. The van der Waals surface area contributed by atoms with Gasteiger partial charge in [-0.2, -0.15) is 5.10 Å². The molecule has 8 heteroatoms. The molecule has 1 aliphatic heterocycles. The number of rotatable bonds is 8. The maximum Gasteiger partial charge on any atom is 0.266 e. The summed E-state index contributed by atoms with van der Waals surface area (Å²) in [7, 11) is 3.28. The fourth-order valence-electron chi connectivity index (χ4n) is 3.40. The summed E-state index contributed by atoms with van der Waals surface area (Å²) in [5, 5.41) is 4.82. The van der Waals surface area contributed by atoms with Gasteiger partial charge in [0.15, 0.2) is 0 Å². The molecule has 32 heavy (non-hydrogen) atoms. The molecule has 6 nitrogen and oxygen atoms in total. The summed E-state index contributed by atoms with van der Waals surface area (Å²) in [4.78, 5) is 15.2. The zero-order chi connectivity index (χ0) is 22.5. The van der Waals surface area contributed by atoms with E-state index in [-0.39, 0.29) is 5.91 Å². The van der Waals surface area contributed by atoms with E-state index in [1.165, 1.54) is 11.8 Å². The normalized spacial score (nSPS) is 15.1. The van der Waals surface area contributed by atoms with Crippen LogP contribution in [0.3, 0.4) is 0 Å². The first-order chi connectivity index (χ1) is 15.6. The van der Waals surface area contributed by atoms with Crippen molar-refractivity contribution in [2.24, 2.45) is 0 Å². The SMILES string of the molecule is COCCCN1C(=O)C(=Cc2cn(-c3ccccc3)nc2-c2cccc(OC)c2)SC1=S. The van der Waals surface area contributed by atoms with E-state index in [2.05, 4.69) is 0 Å². The summed E-state index contributed by atoms with van der Waals surface area (Å²) in [6.07, 6.45) is 4.54. The second-order valence-corrected chi connectivity index (χ2v) is 8.80. The first-order valence-corrected chi connectivity index (χ1v) is 11.4. The molecule has 1 fully saturated rings. The van der Waals surface area contributed by atoms with Gasteiger partial charge < -0.3 is 9.47 Å². The lowest BCUT2D eigenvalue weighted by Crippen LogP contribution is -2.29. The number of thiocarbonyl (C=S) groups is 1. The third-order valence-electron chi connectivity index (χ3n) is 5.00. The summed E-state index contributed by atoms with van der Waals surface area (Å²) < 4.78 is 12.9. The molecule has 4 rings (SSSR count). The zero-order valence-corrected chi connectivity index (χ0v) is 19.5. The van der Waals surface area contributed by atoms with Crippen molar-refractivity contribution in [3.05, 3.63) is 71.3 Å². The number of hydrogen-bond donors (Lipinski definition) is 0. The van der Waals surface area contributed by atoms with Gasteiger partial charge in [-0.3, -0.25) is 9.69 Å². The van der Waals surface area contributed by atoms with Gasteiger partial charge in [-0.25, -0.2) is 4.68 Å². The van der Waals surface area contributed by atoms with E-state index in [4.69, 9.17) is 26.8 Å². The average molecular weight is 466 g/mol. The highest BCUT2D eigenvalue weighted by molar-refractivity contribution is 8.26. The minimum atomic E-state index is -0.0832. The van der Waals surface area contributed by atoms with Crippen LogP contribution in [-0.4, -0.2) is 52.3 Å². The van der Waals surface area contributed by atoms with Crippen molar-refractivity contribution in [1.29, 1.82) is 0 Å². The van der Waals surface area contributed by atoms with Gasteiger partial charge in [0.05, 0.1) is 17.7 Å². The Bertz CT molecular complexity index is 1160. The van der Waals surface area contributed by atoms with E-state index >= 15 is 0 Å². The number of methoxy groups -OCH3 is 2. The number of ether oxygens (including phenoxy) is 2. The van der Waals surface area contributed by atoms with E-state index in [9.17, 15) is 4.79 Å². The van der Waals surface area contributed by atoms with Crippen molar-refractivity contribution in [3.63, 3.8) is 0 Å². The zero-order valence-electron chi connectivity index (χ0n) is 17.9. The van der Waals surface area contributed by atoms with Gasteiger partial charge in [-0.1, -0.05) is 54.3 Å². The van der Waals surface area contributed by atoms with Crippen LogP contribution < -0.4 is 4.74 Å². The van der Waals surface area contributed by atoms with Gasteiger partial charge in [0, 0.05) is 37.6 Å². The molecule has 0 radical (unpaired) electrons. The van der Waals surface area contributed by atoms with Crippen LogP contribution >= 0.6 is 24.0 Å². The van der Waals surface area contributed by atoms with E-state index < -0.39 is 0 Å². The molecule has 164 valence electrons. The fraction of sp³-hybridized carbons (Fsp3) is 0.208. The summed E-state index contributed by atoms with van der Waals surface area (Å²) in [5.74, 6) is 0.660. The Hall–Kier alpha value is -2.94. The monoisotopic (exact) mass is 465 g/mol. The van der Waals surface area contributed by atoms with Crippen LogP contribution in [0.2, 0.25) is 0 Å². The number of amides is 1. The van der Waals surface area contributed by atoms with Gasteiger partial charge in [0.2, 0.25) is 0 Å². The standard InChI is InChI=1S/C24H23N3O3S2/c1-29-13-7-12-26-23(28)21(32-24(26)31)15-18-16-27(19-9-4-3-5-10-19)25-22(18)17-8-6-11-20(14-17)30-2/h3-6,8-11,14-16H,7,12-13H2,1-2H3. The van der Waals surface area contributed by atoms with Gasteiger partial charge >= 0.3 is 0 Å². The van der Waals surface area contributed by atoms with Gasteiger partial charge in [-0.05, 0) is 36.8 Å². The Kier molecular flexibility index (Phi) is 7.04. The molecule has 2 heterocycles. The van der Waals surface area contributed by atoms with Crippen molar-refractivity contribution < 1.29 is 14.3 Å². The molecule has 0 N–H and O–H groups in total. The van der Waals surface area contributed by atoms with E-state index in [1.807, 2.05) is 71.6 Å². The maximum atomic E-state index is 13.0. The molecule has 3 aromatic rings. The largest absolute Gasteiger partial charge is 0.497 e. The minimum absolute atomic E-state index is 0.0832. The number of carbonyl (C=O) groups is 1. The van der Waals surface area contributed by atoms with Crippen LogP contribution in [0.4, 0.5) is 0 Å². The predicted octanol–water partition coefficient (Wildman–Crippen LogP) is 4.79. The number of aromatic nitrogens is 2. The molecule has 0 saturated carbocycles. The summed E-state index contributed by atoms with van der Waals surface area (Å²) in [6.45, 7) is 1.13. The quantitative estimate of drug-likeness (QED) is 0.271. The predicted molar refractivity (Wildman–Crippen MR) is 132 cm³/mol. The van der Waals surface area contributed by atoms with E-state index in [0.29, 0.717) is 22.4 Å². The highest BCUT2D eigenvalue weighted by Crippen LogP contribution is 2.35. The number of thioether (sulfide) groups is 1. The van der Waals surface area contributed by atoms with E-state index in [1.54, 1.807) is 19.1 Å². The molecule has 0 unspecified atom stereocenters. The third-order valence-corrected chi connectivity index (χ3v) is 6.37. The smallest absolute Gasteiger partial charge is 0.266 e. The maximum absolute atomic E-state index is 13.0. The Morgan fingerprint density at radius 3 is 2.69 bits per heavy atom. The first-order valence-electron chi connectivity index (χ1n) is 10.1. The van der Waals surface area contributed by atoms with Crippen molar-refractivity contribution in [3.8, 4) is 22.7 Å². The van der Waals surface area contributed by atoms with Gasteiger partial charge in [-0.15, -0.1) is 0 Å². The van der Waals surface area contributed by atoms with Gasteiger partial charge in [0.25, 0.3) is 5.91 Å². The minimum Gasteiger partial charge on any atom is -0.497 e. The van der Waals surface area contributed by atoms with Crippen LogP contribution in [0, 0.1) is 0 Å². The molecule has 2 aromatic carbocycles. The highest BCUT2D eigenvalue weighted by Gasteiger charge is 2.32. The molecule has 1 aromatic heterocycles. The van der Waals surface area contributed by atoms with Crippen LogP contribution in [0.5, 0.6) is 5.75 Å². The lowest BCUT2D eigenvalue weighted by Gasteiger charge is -2.13. The van der Waals surface area contributed by atoms with Crippen molar-refractivity contribution >= 4 is 40.3 Å². The number of benzene rings is 2. The lowest BCUT2D eigenvalue weighted by atomic mass is 10.1. The highest BCUT2D eigenvalue weighted by atomic mass is 32.2. The van der Waals surface area contributed by atoms with Gasteiger partial charge in [0.1, 0.15) is 15.8 Å². The Labute approximate surface area is 196 Å². The Morgan fingerprint density at radius 1 is 1.12 bits per heavy atom.